The fourth-order valence-corrected chi connectivity index (χ4v) is 4.24. The van der Waals surface area contributed by atoms with Gasteiger partial charge in [-0.3, -0.25) is 9.59 Å². The number of Topliss-reactive ketones (excluding diaryl/α,β-unsaturated/α-hetero) is 1. The van der Waals surface area contributed by atoms with Crippen LogP contribution in [0, 0.1) is 6.92 Å². The van der Waals surface area contributed by atoms with Crippen molar-refractivity contribution in [2.45, 2.75) is 13.8 Å². The number of benzene rings is 2. The first-order valence-corrected chi connectivity index (χ1v) is 11.6. The lowest BCUT2D eigenvalue weighted by atomic mass is 10.2. The van der Waals surface area contributed by atoms with Gasteiger partial charge in [0.1, 0.15) is 5.82 Å². The number of aromatic amines is 1. The Hall–Kier alpha value is -3.53. The summed E-state index contributed by atoms with van der Waals surface area (Å²) in [7, 11) is 0. The molecule has 172 valence electrons. The molecule has 11 heteroatoms. The molecule has 4 aromatic rings. The molecule has 0 spiro atoms. The van der Waals surface area contributed by atoms with Crippen molar-refractivity contribution in [3.8, 4) is 0 Å². The Morgan fingerprint density at radius 1 is 1.00 bits per heavy atom. The van der Waals surface area contributed by atoms with Crippen LogP contribution in [0.15, 0.2) is 69.6 Å². The minimum Gasteiger partial charge on any atom is -0.352 e. The molecule has 0 bridgehead atoms. The normalized spacial score (nSPS) is 11.1. The van der Waals surface area contributed by atoms with Gasteiger partial charge in [0, 0.05) is 28.3 Å². The molecule has 3 N–H and O–H groups in total. The second kappa shape index (κ2) is 10.2. The zero-order valence-corrected chi connectivity index (χ0v) is 20.3. The number of hydrogen-bond acceptors (Lipinski definition) is 8. The van der Waals surface area contributed by atoms with Crippen LogP contribution in [0.4, 0.5) is 33.7 Å². The first-order valence-electron chi connectivity index (χ1n) is 10.0. The Morgan fingerprint density at radius 3 is 2.24 bits per heavy atom. The molecule has 0 aliphatic heterocycles. The number of H-pyrrole nitrogens is 1. The van der Waals surface area contributed by atoms with Gasteiger partial charge in [0.25, 0.3) is 5.56 Å². The Balaban J connectivity index is 1.72. The van der Waals surface area contributed by atoms with Gasteiger partial charge in [-0.1, -0.05) is 46.7 Å². The molecule has 34 heavy (non-hydrogen) atoms. The number of pyridine rings is 1. The van der Waals surface area contributed by atoms with Gasteiger partial charge < -0.3 is 15.6 Å². The Bertz CT molecular complexity index is 1460. The zero-order valence-electron chi connectivity index (χ0n) is 18.0. The van der Waals surface area contributed by atoms with Crippen LogP contribution in [0.3, 0.4) is 0 Å². The van der Waals surface area contributed by atoms with Crippen molar-refractivity contribution in [3.63, 3.8) is 0 Å². The van der Waals surface area contributed by atoms with Gasteiger partial charge in [-0.25, -0.2) is 4.98 Å². The van der Waals surface area contributed by atoms with Gasteiger partial charge in [0.15, 0.2) is 11.5 Å². The number of nitrogens with one attached hydrogen (secondary N) is 3. The van der Waals surface area contributed by atoms with Crippen LogP contribution in [0.5, 0.6) is 0 Å². The number of ketones is 1. The number of rotatable bonds is 7. The molecule has 0 unspecified atom stereocenters. The van der Waals surface area contributed by atoms with E-state index in [1.807, 2.05) is 12.1 Å². The average Bonchev–Trinajstić information content (AvgIpc) is 3.15. The molecule has 8 nitrogen and oxygen atoms in total. The van der Waals surface area contributed by atoms with Crippen LogP contribution in [0.25, 0.3) is 0 Å². The van der Waals surface area contributed by atoms with E-state index in [2.05, 4.69) is 30.8 Å². The van der Waals surface area contributed by atoms with E-state index in [9.17, 15) is 9.59 Å². The number of hydrogen-bond donors (Lipinski definition) is 3. The molecule has 0 atom stereocenters. The fraction of sp³-hybridized carbons (Fsp3) is 0.0870. The molecule has 0 radical (unpaired) electrons. The molecule has 2 heterocycles. The first-order chi connectivity index (χ1) is 16.3. The Morgan fingerprint density at radius 2 is 1.65 bits per heavy atom. The fourth-order valence-electron chi connectivity index (χ4n) is 3.07. The van der Waals surface area contributed by atoms with Crippen molar-refractivity contribution in [3.05, 3.63) is 85.6 Å². The quantitative estimate of drug-likeness (QED) is 0.175. The van der Waals surface area contributed by atoms with Crippen LogP contribution in [0.2, 0.25) is 10.0 Å². The maximum Gasteiger partial charge on any atom is 0.277 e. The van der Waals surface area contributed by atoms with Crippen molar-refractivity contribution in [1.29, 1.82) is 0 Å². The molecule has 4 rings (SSSR count). The average molecular weight is 513 g/mol. The van der Waals surface area contributed by atoms with Crippen molar-refractivity contribution in [2.24, 2.45) is 10.2 Å². The number of nitrogens with zero attached hydrogens (tertiary/aromatic N) is 3. The van der Waals surface area contributed by atoms with Gasteiger partial charge in [-0.15, -0.1) is 10.2 Å². The topological polar surface area (TPSA) is 112 Å². The minimum atomic E-state index is -0.468. The number of aryl methyl sites for hydroxylation is 1. The molecule has 0 aliphatic carbocycles. The first kappa shape index (κ1) is 23.6. The summed E-state index contributed by atoms with van der Waals surface area (Å²) in [5, 5.41) is 15.9. The van der Waals surface area contributed by atoms with Gasteiger partial charge in [-0.05, 0) is 49.4 Å². The summed E-state index contributed by atoms with van der Waals surface area (Å²) in [4.78, 5) is 32.0. The summed E-state index contributed by atoms with van der Waals surface area (Å²) in [5.74, 6) is 0.300. The Labute approximate surface area is 208 Å². The summed E-state index contributed by atoms with van der Waals surface area (Å²) in [6, 6.07) is 15.8. The Kier molecular flexibility index (Phi) is 7.06. The van der Waals surface area contributed by atoms with E-state index in [0.717, 1.165) is 11.3 Å². The number of azo groups is 1. The molecule has 2 aromatic carbocycles. The number of anilines is 4. The maximum absolute atomic E-state index is 12.8. The third-order valence-electron chi connectivity index (χ3n) is 4.57. The third-order valence-corrected chi connectivity index (χ3v) is 6.18. The van der Waals surface area contributed by atoms with E-state index in [0.29, 0.717) is 43.5 Å². The number of halogens is 2. The third kappa shape index (κ3) is 5.69. The molecular formula is C23H18Cl2N6O2S. The second-order valence-electron chi connectivity index (χ2n) is 7.21. The van der Waals surface area contributed by atoms with E-state index in [-0.39, 0.29) is 16.6 Å². The summed E-state index contributed by atoms with van der Waals surface area (Å²) in [5.41, 5.74) is 2.07. The van der Waals surface area contributed by atoms with Gasteiger partial charge in [0.05, 0.1) is 16.3 Å². The predicted molar refractivity (Wildman–Crippen MR) is 138 cm³/mol. The lowest BCUT2D eigenvalue weighted by molar-refractivity contribution is 0.102. The van der Waals surface area contributed by atoms with Crippen molar-refractivity contribution in [1.82, 2.24) is 9.97 Å². The van der Waals surface area contributed by atoms with Crippen molar-refractivity contribution in [2.75, 3.05) is 10.6 Å². The molecule has 0 amide bonds. The highest BCUT2D eigenvalue weighted by atomic mass is 35.5. The molecule has 0 aliphatic rings. The highest BCUT2D eigenvalue weighted by molar-refractivity contribution is 7.17. The van der Waals surface area contributed by atoms with Crippen molar-refractivity contribution >= 4 is 74.0 Å². The van der Waals surface area contributed by atoms with Crippen LogP contribution in [0.1, 0.15) is 22.3 Å². The number of thiazole rings is 1. The highest BCUT2D eigenvalue weighted by Gasteiger charge is 2.13. The molecule has 2 aromatic heterocycles. The molecular weight excluding hydrogens is 495 g/mol. The van der Waals surface area contributed by atoms with Gasteiger partial charge in [-0.2, -0.15) is 0 Å². The van der Waals surface area contributed by atoms with Crippen LogP contribution >= 0.6 is 34.5 Å². The maximum atomic E-state index is 12.8. The van der Waals surface area contributed by atoms with Gasteiger partial charge in [0.2, 0.25) is 5.13 Å². The van der Waals surface area contributed by atoms with E-state index in [4.69, 9.17) is 23.2 Å². The van der Waals surface area contributed by atoms with Crippen LogP contribution in [-0.4, -0.2) is 15.8 Å². The number of aromatic nitrogens is 2. The molecule has 0 fully saturated rings. The summed E-state index contributed by atoms with van der Waals surface area (Å²) >= 11 is 13.3. The van der Waals surface area contributed by atoms with E-state index >= 15 is 0 Å². The molecule has 0 saturated carbocycles. The van der Waals surface area contributed by atoms with E-state index in [1.165, 1.54) is 6.92 Å². The number of carbonyl (C=O) groups is 1. The summed E-state index contributed by atoms with van der Waals surface area (Å²) in [6.07, 6.45) is 0. The smallest absolute Gasteiger partial charge is 0.277 e. The van der Waals surface area contributed by atoms with Gasteiger partial charge >= 0.3 is 0 Å². The lowest BCUT2D eigenvalue weighted by Crippen LogP contribution is -2.10. The zero-order chi connectivity index (χ0) is 24.2. The van der Waals surface area contributed by atoms with Crippen LogP contribution < -0.4 is 16.2 Å². The largest absolute Gasteiger partial charge is 0.352 e. The highest BCUT2D eigenvalue weighted by Crippen LogP contribution is 2.31. The second-order valence-corrected chi connectivity index (χ2v) is 9.06. The number of carbonyl (C=O) groups excluding carboxylic acids is 1. The van der Waals surface area contributed by atoms with E-state index < -0.39 is 5.56 Å². The lowest BCUT2D eigenvalue weighted by Gasteiger charge is -2.14. The van der Waals surface area contributed by atoms with Crippen molar-refractivity contribution < 1.29 is 4.79 Å². The minimum absolute atomic E-state index is 0.0541. The molecule has 0 saturated heterocycles. The monoisotopic (exact) mass is 512 g/mol. The summed E-state index contributed by atoms with van der Waals surface area (Å²) < 4.78 is 0. The van der Waals surface area contributed by atoms with Crippen LogP contribution in [-0.2, 0) is 0 Å². The van der Waals surface area contributed by atoms with E-state index in [1.54, 1.807) is 49.4 Å². The standard InChI is InChI=1S/C23H18Cl2N6O2S/c1-12-20(13(2)32)34-23(26-12)31-30-19-11-18(27-16-7-3-5-14(24)9-16)21(29-22(19)33)28-17-8-4-6-15(25)10-17/h3-11,27H,1-2H3,(H2,28,29,33). The summed E-state index contributed by atoms with van der Waals surface area (Å²) in [6.45, 7) is 3.19. The predicted octanol–water partition coefficient (Wildman–Crippen LogP) is 7.55. The SMILES string of the molecule is CC(=O)c1sc(N=Nc2cc(Nc3cccc(Cl)c3)c(Nc3cccc(Cl)c3)[nH]c2=O)nc1C.